The minimum Gasteiger partial charge on any atom is -0.303 e. The molecular weight excluding hydrogens is 100 g/mol. The Bertz CT molecular complexity index is 381. The van der Waals surface area contributed by atoms with Crippen molar-refractivity contribution in [2.24, 2.45) is 5.89 Å². The lowest BCUT2D eigenvalue weighted by Gasteiger charge is -2.14. The molecule has 1 nitrogen and oxygen atoms in total. The van der Waals surface area contributed by atoms with Crippen molar-refractivity contribution in [3.63, 3.8) is 0 Å². The zero-order valence-electron chi connectivity index (χ0n) is 15.0. The minimum absolute atomic E-state index is 0.502. The van der Waals surface area contributed by atoms with Crippen LogP contribution in [0.15, 0.2) is 0 Å². The van der Waals surface area contributed by atoms with Crippen molar-refractivity contribution in [3.8, 4) is 0 Å². The highest BCUT2D eigenvalue weighted by Gasteiger charge is 2.10. The van der Waals surface area contributed by atoms with Gasteiger partial charge in [-0.1, -0.05) is 19.1 Å². The summed E-state index contributed by atoms with van der Waals surface area (Å²) in [7, 11) is 0. The summed E-state index contributed by atoms with van der Waals surface area (Å²) in [6, 6.07) is 0. The maximum atomic E-state index is 11.0. The molecule has 46 valence electrons. The Hall–Kier alpha value is -0.330. The van der Waals surface area contributed by atoms with E-state index in [2.05, 4.69) is 0 Å². The van der Waals surface area contributed by atoms with E-state index in [0.717, 1.165) is 0 Å². The van der Waals surface area contributed by atoms with Gasteiger partial charge in [-0.3, -0.25) is 0 Å². The van der Waals surface area contributed by atoms with E-state index in [-0.39, 0.29) is 0 Å². The molecule has 0 radical (unpaired) electrons. The first-order valence-corrected chi connectivity index (χ1v) is 2.02. The van der Waals surface area contributed by atoms with E-state index in [1.807, 2.05) is 0 Å². The van der Waals surface area contributed by atoms with Crippen molar-refractivity contribution in [3.05, 3.63) is 0 Å². The fourth-order valence-corrected chi connectivity index (χ4v) is 0.319. The number of carbonyl (C=O) groups is 1. The van der Waals surface area contributed by atoms with Crippen LogP contribution in [0.25, 0.3) is 0 Å². The molecule has 0 saturated heterocycles. The fourth-order valence-electron chi connectivity index (χ4n) is 0.319. The largest absolute Gasteiger partial charge is 0.303 e. The standard InChI is InChI=1S/C7H12O/c8-6-7-4-2-1-3-5-7/h6-7H,1-5H2/i1D2,2D2,3D2,4D2,5D2,7D. The number of hydrogen-bond donors (Lipinski definition) is 0. The molecule has 0 aromatic rings. The Morgan fingerprint density at radius 1 is 1.50 bits per heavy atom. The van der Waals surface area contributed by atoms with Gasteiger partial charge in [-0.25, -0.2) is 0 Å². The Kier molecular flexibility index (Phi) is 0.349. The summed E-state index contributed by atoms with van der Waals surface area (Å²) in [5.41, 5.74) is 0. The summed E-state index contributed by atoms with van der Waals surface area (Å²) in [5, 5.41) is 0. The van der Waals surface area contributed by atoms with E-state index in [9.17, 15) is 4.79 Å². The normalized spacial score (nSPS) is 78.8. The molecule has 0 unspecified atom stereocenters. The first-order chi connectivity index (χ1) is 8.06. The van der Waals surface area contributed by atoms with Gasteiger partial charge in [-0.15, -0.1) is 0 Å². The topological polar surface area (TPSA) is 17.1 Å². The molecule has 0 aromatic heterocycles. The second-order valence-electron chi connectivity index (χ2n) is 1.16. The molecule has 0 atom stereocenters. The quantitative estimate of drug-likeness (QED) is 0.486. The first kappa shape index (κ1) is 0.979. The molecule has 1 saturated carbocycles. The van der Waals surface area contributed by atoms with Crippen LogP contribution >= 0.6 is 0 Å². The Morgan fingerprint density at radius 3 is 2.62 bits per heavy atom. The highest BCUT2D eigenvalue weighted by Crippen LogP contribution is 2.21. The number of hydrogen-bond acceptors (Lipinski definition) is 1. The van der Waals surface area contributed by atoms with E-state index in [1.165, 1.54) is 0 Å². The number of aldehydes is 1. The van der Waals surface area contributed by atoms with Crippen LogP contribution in [0.2, 0.25) is 0 Å². The van der Waals surface area contributed by atoms with Crippen molar-refractivity contribution < 1.29 is 19.9 Å². The second kappa shape index (κ2) is 2.85. The number of rotatable bonds is 1. The van der Waals surface area contributed by atoms with Crippen molar-refractivity contribution in [2.45, 2.75) is 31.9 Å². The van der Waals surface area contributed by atoms with Crippen LogP contribution in [0, 0.1) is 5.89 Å². The Balaban J connectivity index is 3.81. The van der Waals surface area contributed by atoms with Gasteiger partial charge >= 0.3 is 0 Å². The second-order valence-corrected chi connectivity index (χ2v) is 1.16. The molecule has 0 N–H and O–H groups in total. The summed E-state index contributed by atoms with van der Waals surface area (Å²) < 4.78 is 82.3. The molecule has 8 heavy (non-hydrogen) atoms. The summed E-state index contributed by atoms with van der Waals surface area (Å²) in [6.45, 7) is 0. The molecule has 0 spiro atoms. The molecule has 1 fully saturated rings. The Morgan fingerprint density at radius 2 is 2.12 bits per heavy atom. The Labute approximate surface area is 65.5 Å². The minimum atomic E-state index is -3.57. The van der Waals surface area contributed by atoms with E-state index in [4.69, 9.17) is 15.1 Å². The average Bonchev–Trinajstić information content (AvgIpc) is 2.24. The van der Waals surface area contributed by atoms with Gasteiger partial charge in [0.2, 0.25) is 0 Å². The van der Waals surface area contributed by atoms with Gasteiger partial charge in [-0.05, 0) is 12.7 Å². The molecule has 1 aliphatic rings. The van der Waals surface area contributed by atoms with Gasteiger partial charge in [-0.2, -0.15) is 0 Å². The van der Waals surface area contributed by atoms with E-state index in [1.54, 1.807) is 0 Å². The van der Waals surface area contributed by atoms with Crippen LogP contribution in [0.1, 0.15) is 46.9 Å². The lowest BCUT2D eigenvalue weighted by molar-refractivity contribution is -0.111. The molecule has 0 aromatic carbocycles. The summed E-state index contributed by atoms with van der Waals surface area (Å²) in [6.07, 6.45) is -18.3. The highest BCUT2D eigenvalue weighted by molar-refractivity contribution is 5.53. The lowest BCUT2D eigenvalue weighted by Crippen LogP contribution is -2.06. The van der Waals surface area contributed by atoms with Gasteiger partial charge < -0.3 is 4.79 Å². The van der Waals surface area contributed by atoms with Gasteiger partial charge in [0, 0.05) is 21.0 Å². The van der Waals surface area contributed by atoms with Crippen LogP contribution in [0.4, 0.5) is 0 Å². The number of carbonyl (C=O) groups excluding carboxylic acids is 1. The van der Waals surface area contributed by atoms with Crippen LogP contribution in [-0.2, 0) is 4.79 Å². The van der Waals surface area contributed by atoms with Crippen molar-refractivity contribution in [1.82, 2.24) is 0 Å². The average molecular weight is 123 g/mol. The van der Waals surface area contributed by atoms with Gasteiger partial charge in [0.1, 0.15) is 6.29 Å². The zero-order chi connectivity index (χ0) is 15.7. The van der Waals surface area contributed by atoms with Crippen LogP contribution in [0.3, 0.4) is 0 Å². The molecule has 0 aliphatic heterocycles. The van der Waals surface area contributed by atoms with Crippen molar-refractivity contribution >= 4 is 6.29 Å². The van der Waals surface area contributed by atoms with E-state index in [0.29, 0.717) is 0 Å². The van der Waals surface area contributed by atoms with Crippen LogP contribution in [-0.4, -0.2) is 6.29 Å². The maximum absolute atomic E-state index is 11.0. The van der Waals surface area contributed by atoms with Gasteiger partial charge in [0.15, 0.2) is 0 Å². The van der Waals surface area contributed by atoms with E-state index >= 15 is 0 Å². The molecule has 1 rings (SSSR count). The van der Waals surface area contributed by atoms with Crippen LogP contribution < -0.4 is 0 Å². The molecule has 1 heteroatoms. The van der Waals surface area contributed by atoms with Gasteiger partial charge in [0.05, 0.1) is 0 Å². The highest BCUT2D eigenvalue weighted by atomic mass is 16.1. The summed E-state index contributed by atoms with van der Waals surface area (Å²) in [4.78, 5) is 11.0. The smallest absolute Gasteiger partial charge is 0.123 e. The third-order valence-corrected chi connectivity index (χ3v) is 0.637. The monoisotopic (exact) mass is 123 g/mol. The van der Waals surface area contributed by atoms with Gasteiger partial charge in [0.25, 0.3) is 0 Å². The SMILES string of the molecule is [2H]C1([2H])C([2H])([2H])C([2H])([2H])C([2H])(C=O)C([2H])([2H])C1([2H])[2H]. The van der Waals surface area contributed by atoms with Crippen LogP contribution in [0.5, 0.6) is 0 Å². The van der Waals surface area contributed by atoms with Crippen molar-refractivity contribution in [1.29, 1.82) is 0 Å². The predicted octanol–water partition coefficient (Wildman–Crippen LogP) is 1.77. The van der Waals surface area contributed by atoms with E-state index < -0.39 is 44.0 Å². The molecule has 0 heterocycles. The summed E-state index contributed by atoms with van der Waals surface area (Å²) >= 11 is 0. The first-order valence-electron chi connectivity index (χ1n) is 7.52. The third kappa shape index (κ3) is 1.32. The molecular formula is C7H12O. The van der Waals surface area contributed by atoms with Crippen molar-refractivity contribution in [2.75, 3.05) is 0 Å². The molecule has 1 aliphatic carbocycles. The summed E-state index contributed by atoms with van der Waals surface area (Å²) in [5.74, 6) is -3.42. The maximum Gasteiger partial charge on any atom is 0.123 e. The fraction of sp³-hybridized carbons (Fsp3) is 0.857. The molecule has 0 amide bonds. The third-order valence-electron chi connectivity index (χ3n) is 0.637. The predicted molar refractivity (Wildman–Crippen MR) is 32.6 cm³/mol. The zero-order valence-corrected chi connectivity index (χ0v) is 3.99. The molecule has 0 bridgehead atoms. The lowest BCUT2D eigenvalue weighted by atomic mass is 9.91.